The van der Waals surface area contributed by atoms with Gasteiger partial charge in [-0.15, -0.1) is 0 Å². The van der Waals surface area contributed by atoms with E-state index in [4.69, 9.17) is 4.42 Å². The molecule has 0 bridgehead atoms. The maximum absolute atomic E-state index is 12.5. The average molecular weight is 312 g/mol. The minimum Gasteiger partial charge on any atom is -0.431 e. The molecule has 22 heavy (non-hydrogen) atoms. The fourth-order valence-corrected chi connectivity index (χ4v) is 3.22. The van der Waals surface area contributed by atoms with Crippen LogP contribution in [0.4, 0.5) is 0 Å². The summed E-state index contributed by atoms with van der Waals surface area (Å²) >= 11 is 1.33. The third-order valence-corrected chi connectivity index (χ3v) is 4.35. The Morgan fingerprint density at radius 3 is 2.45 bits per heavy atom. The van der Waals surface area contributed by atoms with Gasteiger partial charge in [-0.1, -0.05) is 42.5 Å². The number of oxazole rings is 1. The van der Waals surface area contributed by atoms with E-state index in [1.807, 2.05) is 54.6 Å². The van der Waals surface area contributed by atoms with Crippen LogP contribution in [0, 0.1) is 0 Å². The average Bonchev–Trinajstić information content (AvgIpc) is 2.95. The van der Waals surface area contributed by atoms with Gasteiger partial charge in [-0.2, -0.15) is 0 Å². The van der Waals surface area contributed by atoms with Gasteiger partial charge in [0.05, 0.1) is 0 Å². The van der Waals surface area contributed by atoms with Gasteiger partial charge >= 0.3 is 0 Å². The van der Waals surface area contributed by atoms with Crippen LogP contribution in [0.25, 0.3) is 11.1 Å². The molecule has 112 valence electrons. The first-order valence-corrected chi connectivity index (χ1v) is 7.81. The highest BCUT2D eigenvalue weighted by Crippen LogP contribution is 2.37. The number of nitrogens with zero attached hydrogens (tertiary/aromatic N) is 2. The van der Waals surface area contributed by atoms with Crippen molar-refractivity contribution in [1.82, 2.24) is 9.88 Å². The van der Waals surface area contributed by atoms with Gasteiger partial charge in [0.15, 0.2) is 5.58 Å². The van der Waals surface area contributed by atoms with E-state index in [0.29, 0.717) is 5.22 Å². The number of aromatic nitrogens is 1. The van der Waals surface area contributed by atoms with Gasteiger partial charge in [-0.05, 0) is 29.5 Å². The predicted molar refractivity (Wildman–Crippen MR) is 87.7 cm³/mol. The van der Waals surface area contributed by atoms with Gasteiger partial charge in [-0.25, -0.2) is 4.98 Å². The molecule has 1 heterocycles. The van der Waals surface area contributed by atoms with E-state index in [1.165, 1.54) is 11.8 Å². The van der Waals surface area contributed by atoms with E-state index in [0.717, 1.165) is 16.7 Å². The van der Waals surface area contributed by atoms with Crippen LogP contribution in [0.15, 0.2) is 64.2 Å². The molecule has 3 rings (SSSR count). The van der Waals surface area contributed by atoms with Crippen LogP contribution in [-0.2, 0) is 4.79 Å². The van der Waals surface area contributed by atoms with Crippen LogP contribution in [0.3, 0.4) is 0 Å². The zero-order valence-electron chi connectivity index (χ0n) is 12.4. The number of para-hydroxylation sites is 2. The summed E-state index contributed by atoms with van der Waals surface area (Å²) in [5.74, 6) is 0.0125. The number of hydrogen-bond acceptors (Lipinski definition) is 4. The third-order valence-electron chi connectivity index (χ3n) is 3.26. The zero-order chi connectivity index (χ0) is 15.5. The van der Waals surface area contributed by atoms with Crippen molar-refractivity contribution in [3.8, 4) is 0 Å². The zero-order valence-corrected chi connectivity index (χ0v) is 13.2. The standard InChI is InChI=1S/C17H16N2O2S/c1-19(2)16(20)15(12-8-4-3-5-9-12)22-17-18-13-10-6-7-11-14(13)21-17/h3-11,15H,1-2H3/t15-/m1/s1. The van der Waals surface area contributed by atoms with Crippen LogP contribution in [0.1, 0.15) is 10.8 Å². The lowest BCUT2D eigenvalue weighted by atomic mass is 10.1. The molecule has 3 aromatic rings. The number of carbonyl (C=O) groups excluding carboxylic acids is 1. The highest BCUT2D eigenvalue weighted by atomic mass is 32.2. The molecule has 0 aliphatic carbocycles. The maximum atomic E-state index is 12.5. The highest BCUT2D eigenvalue weighted by Gasteiger charge is 2.25. The Balaban J connectivity index is 1.94. The van der Waals surface area contributed by atoms with E-state index in [2.05, 4.69) is 4.98 Å². The number of hydrogen-bond donors (Lipinski definition) is 0. The molecule has 0 saturated heterocycles. The number of likely N-dealkylation sites (N-methyl/N-ethyl adjacent to an activating group) is 1. The topological polar surface area (TPSA) is 46.3 Å². The van der Waals surface area contributed by atoms with Gasteiger partial charge in [0.2, 0.25) is 5.91 Å². The molecule has 4 nitrogen and oxygen atoms in total. The minimum atomic E-state index is -0.371. The Morgan fingerprint density at radius 2 is 1.77 bits per heavy atom. The van der Waals surface area contributed by atoms with Gasteiger partial charge in [-0.3, -0.25) is 4.79 Å². The number of benzene rings is 2. The van der Waals surface area contributed by atoms with Crippen LogP contribution >= 0.6 is 11.8 Å². The van der Waals surface area contributed by atoms with E-state index in [1.54, 1.807) is 19.0 Å². The van der Waals surface area contributed by atoms with Crippen LogP contribution < -0.4 is 0 Å². The number of carbonyl (C=O) groups is 1. The lowest BCUT2D eigenvalue weighted by molar-refractivity contribution is -0.128. The molecular weight excluding hydrogens is 296 g/mol. The monoisotopic (exact) mass is 312 g/mol. The number of amides is 1. The molecule has 0 saturated carbocycles. The van der Waals surface area contributed by atoms with E-state index >= 15 is 0 Å². The van der Waals surface area contributed by atoms with Crippen molar-refractivity contribution >= 4 is 28.8 Å². The first kappa shape index (κ1) is 14.7. The van der Waals surface area contributed by atoms with E-state index in [-0.39, 0.29) is 11.2 Å². The molecule has 1 atom stereocenters. The quantitative estimate of drug-likeness (QED) is 0.688. The summed E-state index contributed by atoms with van der Waals surface area (Å²) in [6.45, 7) is 0. The molecule has 1 aromatic heterocycles. The maximum Gasteiger partial charge on any atom is 0.257 e. The molecule has 0 aliphatic heterocycles. The van der Waals surface area contributed by atoms with Gasteiger partial charge in [0, 0.05) is 14.1 Å². The Morgan fingerprint density at radius 1 is 1.09 bits per heavy atom. The molecule has 0 spiro atoms. The number of rotatable bonds is 4. The molecule has 0 aliphatic rings. The van der Waals surface area contributed by atoms with Crippen molar-refractivity contribution in [2.75, 3.05) is 14.1 Å². The first-order valence-electron chi connectivity index (χ1n) is 6.93. The largest absolute Gasteiger partial charge is 0.431 e. The summed E-state index contributed by atoms with van der Waals surface area (Å²) in [4.78, 5) is 18.5. The van der Waals surface area contributed by atoms with Gasteiger partial charge in [0.25, 0.3) is 5.22 Å². The second kappa shape index (κ2) is 6.23. The van der Waals surface area contributed by atoms with Crippen LogP contribution in [0.2, 0.25) is 0 Å². The SMILES string of the molecule is CN(C)C(=O)[C@H](Sc1nc2ccccc2o1)c1ccccc1. The second-order valence-corrected chi connectivity index (χ2v) is 6.15. The van der Waals surface area contributed by atoms with E-state index in [9.17, 15) is 4.79 Å². The molecule has 2 aromatic carbocycles. The lowest BCUT2D eigenvalue weighted by Gasteiger charge is -2.19. The second-order valence-electron chi connectivity index (χ2n) is 5.09. The predicted octanol–water partition coefficient (Wildman–Crippen LogP) is 3.75. The summed E-state index contributed by atoms with van der Waals surface area (Å²) in [5.41, 5.74) is 2.47. The molecular formula is C17H16N2O2S. The molecule has 1 amide bonds. The van der Waals surface area contributed by atoms with Gasteiger partial charge in [0.1, 0.15) is 10.8 Å². The molecule has 0 radical (unpaired) electrons. The first-order chi connectivity index (χ1) is 10.6. The van der Waals surface area contributed by atoms with Crippen molar-refractivity contribution in [1.29, 1.82) is 0 Å². The summed E-state index contributed by atoms with van der Waals surface area (Å²) in [5, 5.41) is 0.134. The Labute approximate surface area is 133 Å². The molecule has 0 unspecified atom stereocenters. The Bertz CT molecular complexity index is 750. The van der Waals surface area contributed by atoms with Crippen molar-refractivity contribution in [3.05, 3.63) is 60.2 Å². The van der Waals surface area contributed by atoms with E-state index < -0.39 is 0 Å². The third kappa shape index (κ3) is 2.99. The summed E-state index contributed by atoms with van der Waals surface area (Å²) in [7, 11) is 3.51. The molecule has 0 fully saturated rings. The minimum absolute atomic E-state index is 0.0125. The Kier molecular flexibility index (Phi) is 4.15. The lowest BCUT2D eigenvalue weighted by Crippen LogP contribution is -2.26. The number of fused-ring (bicyclic) bond motifs is 1. The van der Waals surface area contributed by atoms with Gasteiger partial charge < -0.3 is 9.32 Å². The molecule has 5 heteroatoms. The van der Waals surface area contributed by atoms with Crippen LogP contribution in [0.5, 0.6) is 0 Å². The Hall–Kier alpha value is -2.27. The fraction of sp³-hybridized carbons (Fsp3) is 0.176. The smallest absolute Gasteiger partial charge is 0.257 e. The van der Waals surface area contributed by atoms with Crippen molar-refractivity contribution < 1.29 is 9.21 Å². The normalized spacial score (nSPS) is 12.3. The van der Waals surface area contributed by atoms with Crippen molar-refractivity contribution in [2.24, 2.45) is 0 Å². The van der Waals surface area contributed by atoms with Crippen molar-refractivity contribution in [2.45, 2.75) is 10.5 Å². The van der Waals surface area contributed by atoms with Crippen molar-refractivity contribution in [3.63, 3.8) is 0 Å². The fourth-order valence-electron chi connectivity index (χ4n) is 2.13. The highest BCUT2D eigenvalue weighted by molar-refractivity contribution is 8.00. The number of thioether (sulfide) groups is 1. The van der Waals surface area contributed by atoms with Crippen LogP contribution in [-0.4, -0.2) is 29.9 Å². The summed E-state index contributed by atoms with van der Waals surface area (Å²) in [6.07, 6.45) is 0. The molecule has 0 N–H and O–H groups in total. The summed E-state index contributed by atoms with van der Waals surface area (Å²) in [6, 6.07) is 17.3. The summed E-state index contributed by atoms with van der Waals surface area (Å²) < 4.78 is 5.73.